The molecule has 1 aliphatic rings. The lowest BCUT2D eigenvalue weighted by atomic mass is 10.2. The lowest BCUT2D eigenvalue weighted by molar-refractivity contribution is -0.130. The van der Waals surface area contributed by atoms with Gasteiger partial charge >= 0.3 is 0 Å². The van der Waals surface area contributed by atoms with E-state index in [-0.39, 0.29) is 5.91 Å². The second kappa shape index (κ2) is 6.05. The molecule has 1 aliphatic heterocycles. The number of hydrogen-bond acceptors (Lipinski definition) is 5. The van der Waals surface area contributed by atoms with Gasteiger partial charge in [-0.2, -0.15) is 4.98 Å². The van der Waals surface area contributed by atoms with Crippen LogP contribution in [0.15, 0.2) is 34.9 Å². The molecule has 0 atom stereocenters. The maximum Gasteiger partial charge on any atom is 0.241 e. The zero-order chi connectivity index (χ0) is 14.7. The second-order valence-electron chi connectivity index (χ2n) is 5.16. The van der Waals surface area contributed by atoms with Crippen LogP contribution in [-0.4, -0.2) is 52.0 Å². The number of carbonyl (C=O) groups excluding carboxylic acids is 1. The first-order chi connectivity index (χ1) is 10.2. The normalized spacial score (nSPS) is 16.1. The molecule has 1 aromatic carbocycles. The van der Waals surface area contributed by atoms with Crippen molar-refractivity contribution in [3.8, 4) is 11.4 Å². The van der Waals surface area contributed by atoms with Crippen molar-refractivity contribution in [1.82, 2.24) is 19.9 Å². The predicted octanol–water partition coefficient (Wildman–Crippen LogP) is 1.40. The summed E-state index contributed by atoms with van der Waals surface area (Å²) < 4.78 is 5.31. The molecule has 3 rings (SSSR count). The van der Waals surface area contributed by atoms with Crippen LogP contribution in [0.5, 0.6) is 0 Å². The quantitative estimate of drug-likeness (QED) is 0.853. The predicted molar refractivity (Wildman–Crippen MR) is 77.3 cm³/mol. The van der Waals surface area contributed by atoms with Gasteiger partial charge in [0.2, 0.25) is 17.6 Å². The third-order valence-corrected chi connectivity index (χ3v) is 3.68. The first-order valence-electron chi connectivity index (χ1n) is 7.08. The van der Waals surface area contributed by atoms with E-state index in [1.807, 2.05) is 35.2 Å². The summed E-state index contributed by atoms with van der Waals surface area (Å²) in [6.45, 7) is 5.43. The number of carbonyl (C=O) groups is 1. The van der Waals surface area contributed by atoms with Crippen LogP contribution in [0.4, 0.5) is 0 Å². The smallest absolute Gasteiger partial charge is 0.241 e. The summed E-state index contributed by atoms with van der Waals surface area (Å²) in [7, 11) is 0. The van der Waals surface area contributed by atoms with Gasteiger partial charge in [-0.15, -0.1) is 0 Å². The van der Waals surface area contributed by atoms with Crippen molar-refractivity contribution in [1.29, 1.82) is 0 Å². The Morgan fingerprint density at radius 1 is 1.19 bits per heavy atom. The van der Waals surface area contributed by atoms with Gasteiger partial charge in [-0.3, -0.25) is 9.69 Å². The number of hydrogen-bond donors (Lipinski definition) is 0. The Hall–Kier alpha value is -2.21. The van der Waals surface area contributed by atoms with Crippen LogP contribution >= 0.6 is 0 Å². The number of rotatable bonds is 3. The van der Waals surface area contributed by atoms with Crippen molar-refractivity contribution in [2.75, 3.05) is 26.2 Å². The standard InChI is InChI=1S/C15H18N4O2/c1-12(20)19-9-7-18(8-10-19)11-14-16-15(17-21-14)13-5-3-2-4-6-13/h2-6H,7-11H2,1H3. The Morgan fingerprint density at radius 2 is 1.90 bits per heavy atom. The monoisotopic (exact) mass is 286 g/mol. The van der Waals surface area contributed by atoms with E-state index in [9.17, 15) is 4.79 Å². The van der Waals surface area contributed by atoms with E-state index in [4.69, 9.17) is 4.52 Å². The Morgan fingerprint density at radius 3 is 2.57 bits per heavy atom. The van der Waals surface area contributed by atoms with Crippen molar-refractivity contribution in [3.05, 3.63) is 36.2 Å². The van der Waals surface area contributed by atoms with Crippen molar-refractivity contribution < 1.29 is 9.32 Å². The van der Waals surface area contributed by atoms with Crippen molar-refractivity contribution in [2.45, 2.75) is 13.5 Å². The van der Waals surface area contributed by atoms with Gasteiger partial charge < -0.3 is 9.42 Å². The zero-order valence-corrected chi connectivity index (χ0v) is 12.0. The highest BCUT2D eigenvalue weighted by molar-refractivity contribution is 5.73. The van der Waals surface area contributed by atoms with Crippen molar-refractivity contribution in [3.63, 3.8) is 0 Å². The lowest BCUT2D eigenvalue weighted by Gasteiger charge is -2.33. The molecule has 0 unspecified atom stereocenters. The maximum atomic E-state index is 11.3. The first-order valence-corrected chi connectivity index (χ1v) is 7.08. The van der Waals surface area contributed by atoms with Gasteiger partial charge in [0.25, 0.3) is 0 Å². The average Bonchev–Trinajstić information content (AvgIpc) is 2.97. The zero-order valence-electron chi connectivity index (χ0n) is 12.0. The third kappa shape index (κ3) is 3.28. The van der Waals surface area contributed by atoms with E-state index in [0.29, 0.717) is 18.3 Å². The van der Waals surface area contributed by atoms with Crippen LogP contribution in [0.3, 0.4) is 0 Å². The van der Waals surface area contributed by atoms with Gasteiger partial charge in [-0.05, 0) is 0 Å². The molecule has 0 radical (unpaired) electrons. The fourth-order valence-corrected chi connectivity index (χ4v) is 2.44. The molecule has 1 saturated heterocycles. The van der Waals surface area contributed by atoms with Gasteiger partial charge in [-0.25, -0.2) is 0 Å². The van der Waals surface area contributed by atoms with Gasteiger partial charge in [0.05, 0.1) is 6.54 Å². The molecule has 0 N–H and O–H groups in total. The summed E-state index contributed by atoms with van der Waals surface area (Å²) in [4.78, 5) is 19.8. The summed E-state index contributed by atoms with van der Waals surface area (Å²) in [5.74, 6) is 1.37. The van der Waals surface area contributed by atoms with E-state index in [1.54, 1.807) is 6.92 Å². The van der Waals surface area contributed by atoms with E-state index < -0.39 is 0 Å². The summed E-state index contributed by atoms with van der Waals surface area (Å²) in [6, 6.07) is 9.78. The summed E-state index contributed by atoms with van der Waals surface area (Å²) in [5, 5.41) is 4.02. The molecule has 6 heteroatoms. The average molecular weight is 286 g/mol. The van der Waals surface area contributed by atoms with E-state index in [0.717, 1.165) is 31.7 Å². The van der Waals surface area contributed by atoms with Crippen LogP contribution in [0.25, 0.3) is 11.4 Å². The fraction of sp³-hybridized carbons (Fsp3) is 0.400. The molecule has 1 aromatic heterocycles. The summed E-state index contributed by atoms with van der Waals surface area (Å²) in [5.41, 5.74) is 0.953. The molecule has 110 valence electrons. The molecule has 0 spiro atoms. The molecule has 2 heterocycles. The van der Waals surface area contributed by atoms with Crippen LogP contribution in [-0.2, 0) is 11.3 Å². The Balaban J connectivity index is 1.60. The number of nitrogens with zero attached hydrogens (tertiary/aromatic N) is 4. The fourth-order valence-electron chi connectivity index (χ4n) is 2.44. The molecule has 1 amide bonds. The molecule has 21 heavy (non-hydrogen) atoms. The highest BCUT2D eigenvalue weighted by Gasteiger charge is 2.20. The SMILES string of the molecule is CC(=O)N1CCN(Cc2nc(-c3ccccc3)no2)CC1. The number of aromatic nitrogens is 2. The van der Waals surface area contributed by atoms with Crippen molar-refractivity contribution in [2.24, 2.45) is 0 Å². The summed E-state index contributed by atoms with van der Waals surface area (Å²) in [6.07, 6.45) is 0. The van der Waals surface area contributed by atoms with Gasteiger partial charge in [0.1, 0.15) is 0 Å². The summed E-state index contributed by atoms with van der Waals surface area (Å²) >= 11 is 0. The van der Waals surface area contributed by atoms with E-state index >= 15 is 0 Å². The Labute approximate surface area is 123 Å². The van der Waals surface area contributed by atoms with Gasteiger partial charge in [-0.1, -0.05) is 35.5 Å². The molecular formula is C15H18N4O2. The third-order valence-electron chi connectivity index (χ3n) is 3.68. The molecule has 0 bridgehead atoms. The lowest BCUT2D eigenvalue weighted by Crippen LogP contribution is -2.47. The number of piperazine rings is 1. The first kappa shape index (κ1) is 13.8. The highest BCUT2D eigenvalue weighted by atomic mass is 16.5. The second-order valence-corrected chi connectivity index (χ2v) is 5.16. The van der Waals surface area contributed by atoms with E-state index in [2.05, 4.69) is 15.0 Å². The van der Waals surface area contributed by atoms with Gasteiger partial charge in [0, 0.05) is 38.7 Å². The molecular weight excluding hydrogens is 268 g/mol. The molecule has 1 fully saturated rings. The minimum atomic E-state index is 0.138. The Kier molecular flexibility index (Phi) is 3.96. The van der Waals surface area contributed by atoms with Crippen LogP contribution < -0.4 is 0 Å². The molecule has 6 nitrogen and oxygen atoms in total. The molecule has 2 aromatic rings. The topological polar surface area (TPSA) is 62.5 Å². The molecule has 0 aliphatic carbocycles. The highest BCUT2D eigenvalue weighted by Crippen LogP contribution is 2.16. The number of amides is 1. The minimum Gasteiger partial charge on any atom is -0.340 e. The largest absolute Gasteiger partial charge is 0.340 e. The van der Waals surface area contributed by atoms with Crippen molar-refractivity contribution >= 4 is 5.91 Å². The Bertz CT molecular complexity index is 603. The maximum absolute atomic E-state index is 11.3. The van der Waals surface area contributed by atoms with Gasteiger partial charge in [0.15, 0.2) is 0 Å². The molecule has 0 saturated carbocycles. The van der Waals surface area contributed by atoms with Crippen LogP contribution in [0.1, 0.15) is 12.8 Å². The van der Waals surface area contributed by atoms with E-state index in [1.165, 1.54) is 0 Å². The van der Waals surface area contributed by atoms with Crippen LogP contribution in [0, 0.1) is 0 Å². The number of benzene rings is 1. The van der Waals surface area contributed by atoms with Crippen LogP contribution in [0.2, 0.25) is 0 Å². The minimum absolute atomic E-state index is 0.138.